The van der Waals surface area contributed by atoms with Crippen LogP contribution in [0.3, 0.4) is 0 Å². The molecule has 0 bridgehead atoms. The molecule has 0 amide bonds. The highest BCUT2D eigenvalue weighted by molar-refractivity contribution is 5.73. The summed E-state index contributed by atoms with van der Waals surface area (Å²) in [6.07, 6.45) is 31.5. The molecule has 0 saturated carbocycles. The number of carboxylic acid groups (broad SMARTS) is 1. The van der Waals surface area contributed by atoms with E-state index in [1.54, 1.807) is 0 Å². The Morgan fingerprint density at radius 1 is 0.439 bits per heavy atom. The smallest absolute Gasteiger partial charge is 0.395 e. The number of carbonyl (C=O) groups is 1. The Kier molecular flexibility index (Phi) is 31.7. The van der Waals surface area contributed by atoms with Crippen LogP contribution in [0, 0.1) is 0 Å². The summed E-state index contributed by atoms with van der Waals surface area (Å²) in [5.41, 5.74) is 0. The molecule has 41 heavy (non-hydrogen) atoms. The molecule has 0 rings (SSSR count). The van der Waals surface area contributed by atoms with Crippen molar-refractivity contribution in [2.45, 2.75) is 187 Å². The Hall–Kier alpha value is -0.690. The van der Waals surface area contributed by atoms with Gasteiger partial charge in [0.05, 0.1) is 26.4 Å². The van der Waals surface area contributed by atoms with Crippen LogP contribution in [0.25, 0.3) is 0 Å². The van der Waals surface area contributed by atoms with Crippen LogP contribution < -0.4 is 0 Å². The summed E-state index contributed by atoms with van der Waals surface area (Å²) in [7, 11) is 0. The van der Waals surface area contributed by atoms with Crippen molar-refractivity contribution in [1.82, 2.24) is 0 Å². The molecule has 0 aromatic heterocycles. The second-order valence-corrected chi connectivity index (χ2v) is 11.7. The fourth-order valence-electron chi connectivity index (χ4n) is 5.17. The predicted octanol–water partition coefficient (Wildman–Crippen LogP) is 10.6. The highest BCUT2D eigenvalue weighted by Gasteiger charge is 2.43. The van der Waals surface area contributed by atoms with Crippen molar-refractivity contribution in [3.05, 3.63) is 0 Å². The van der Waals surface area contributed by atoms with Gasteiger partial charge in [-0.15, -0.1) is 0 Å². The van der Waals surface area contributed by atoms with E-state index < -0.39 is 11.9 Å². The van der Waals surface area contributed by atoms with Crippen molar-refractivity contribution in [2.75, 3.05) is 33.0 Å². The van der Waals surface area contributed by atoms with E-state index in [-0.39, 0.29) is 6.61 Å². The minimum Gasteiger partial charge on any atom is -0.475 e. The Morgan fingerprint density at radius 3 is 1.02 bits per heavy atom. The van der Waals surface area contributed by atoms with Gasteiger partial charge in [-0.3, -0.25) is 0 Å². The number of hydrogen-bond acceptors (Lipinski definition) is 5. The molecule has 6 heteroatoms. The number of ether oxygens (including phenoxy) is 4. The number of carboxylic acids is 1. The standard InChI is InChI=1S/C35H70O6/c1-4-7-9-11-13-15-17-18-19-21-23-25-27-29-31-40-35(34(36)37,41-33-32-38-6-3)39-30-28-26-24-22-20-16-14-12-10-8-5-2/h4-33H2,1-3H3,(H,36,37). The fourth-order valence-corrected chi connectivity index (χ4v) is 5.17. The quantitative estimate of drug-likeness (QED) is 0.0588. The number of aliphatic carboxylic acids is 1. The zero-order valence-electron chi connectivity index (χ0n) is 27.7. The van der Waals surface area contributed by atoms with Gasteiger partial charge < -0.3 is 24.1 Å². The molecule has 1 N–H and O–H groups in total. The Bertz CT molecular complexity index is 529. The molecule has 0 spiro atoms. The first-order valence-corrected chi connectivity index (χ1v) is 17.9. The summed E-state index contributed by atoms with van der Waals surface area (Å²) < 4.78 is 22.5. The van der Waals surface area contributed by atoms with Gasteiger partial charge in [-0.2, -0.15) is 0 Å². The maximum atomic E-state index is 12.2. The topological polar surface area (TPSA) is 74.2 Å². The lowest BCUT2D eigenvalue weighted by atomic mass is 10.0. The summed E-state index contributed by atoms with van der Waals surface area (Å²) in [6, 6.07) is 0. The van der Waals surface area contributed by atoms with Gasteiger partial charge in [0.2, 0.25) is 0 Å². The SMILES string of the molecule is CCCCCCCCCCCCCCCCOC(OCCCCCCCCCCCCC)(OCCOCC)C(=O)O. The molecule has 0 radical (unpaired) electrons. The van der Waals surface area contributed by atoms with Crippen molar-refractivity contribution in [2.24, 2.45) is 0 Å². The minimum absolute atomic E-state index is 0.122. The van der Waals surface area contributed by atoms with Gasteiger partial charge in [0.25, 0.3) is 0 Å². The number of unbranched alkanes of at least 4 members (excludes halogenated alkanes) is 23. The molecular weight excluding hydrogens is 516 g/mol. The highest BCUT2D eigenvalue weighted by Crippen LogP contribution is 2.20. The van der Waals surface area contributed by atoms with Crippen molar-refractivity contribution < 1.29 is 28.8 Å². The van der Waals surface area contributed by atoms with Crippen LogP contribution in [0.5, 0.6) is 0 Å². The first-order chi connectivity index (χ1) is 20.1. The summed E-state index contributed by atoms with van der Waals surface area (Å²) in [4.78, 5) is 12.2. The van der Waals surface area contributed by atoms with Crippen LogP contribution in [-0.2, 0) is 23.7 Å². The van der Waals surface area contributed by atoms with Gasteiger partial charge in [-0.05, 0) is 19.8 Å². The average molecular weight is 587 g/mol. The van der Waals surface area contributed by atoms with Gasteiger partial charge in [0, 0.05) is 6.61 Å². The molecule has 246 valence electrons. The first-order valence-electron chi connectivity index (χ1n) is 17.9. The molecule has 0 heterocycles. The summed E-state index contributed by atoms with van der Waals surface area (Å²) >= 11 is 0. The van der Waals surface area contributed by atoms with E-state index >= 15 is 0 Å². The first kappa shape index (κ1) is 40.3. The van der Waals surface area contributed by atoms with E-state index in [0.717, 1.165) is 38.5 Å². The third-order valence-corrected chi connectivity index (χ3v) is 7.82. The third kappa shape index (κ3) is 26.7. The molecule has 0 fully saturated rings. The fraction of sp³-hybridized carbons (Fsp3) is 0.971. The lowest BCUT2D eigenvalue weighted by molar-refractivity contribution is -0.364. The van der Waals surface area contributed by atoms with Crippen molar-refractivity contribution in [3.63, 3.8) is 0 Å². The Balaban J connectivity index is 4.08. The summed E-state index contributed by atoms with van der Waals surface area (Å²) in [6.45, 7) is 8.05. The summed E-state index contributed by atoms with van der Waals surface area (Å²) in [5, 5.41) is 9.96. The zero-order chi connectivity index (χ0) is 30.1. The predicted molar refractivity (Wildman–Crippen MR) is 171 cm³/mol. The maximum absolute atomic E-state index is 12.2. The molecule has 0 aromatic carbocycles. The molecule has 0 aliphatic carbocycles. The van der Waals surface area contributed by atoms with Gasteiger partial charge in [0.1, 0.15) is 0 Å². The summed E-state index contributed by atoms with van der Waals surface area (Å²) in [5.74, 6) is -3.26. The monoisotopic (exact) mass is 587 g/mol. The van der Waals surface area contributed by atoms with E-state index in [4.69, 9.17) is 18.9 Å². The van der Waals surface area contributed by atoms with Gasteiger partial charge >= 0.3 is 11.9 Å². The molecular formula is C35H70O6. The maximum Gasteiger partial charge on any atom is 0.395 e. The second-order valence-electron chi connectivity index (χ2n) is 11.7. The van der Waals surface area contributed by atoms with Crippen LogP contribution in [-0.4, -0.2) is 50.1 Å². The third-order valence-electron chi connectivity index (χ3n) is 7.82. The molecule has 0 saturated heterocycles. The second kappa shape index (κ2) is 32.2. The zero-order valence-corrected chi connectivity index (χ0v) is 27.7. The lowest BCUT2D eigenvalue weighted by Gasteiger charge is -2.29. The normalized spacial score (nSPS) is 13.0. The molecule has 1 atom stereocenters. The van der Waals surface area contributed by atoms with Gasteiger partial charge in [-0.1, -0.05) is 162 Å². The Labute approximate surface area is 255 Å². The van der Waals surface area contributed by atoms with Crippen LogP contribution in [0.2, 0.25) is 0 Å². The van der Waals surface area contributed by atoms with Gasteiger partial charge in [0.15, 0.2) is 0 Å². The highest BCUT2D eigenvalue weighted by atomic mass is 16.9. The van der Waals surface area contributed by atoms with Crippen LogP contribution in [0.4, 0.5) is 0 Å². The van der Waals surface area contributed by atoms with E-state index in [0.29, 0.717) is 26.4 Å². The van der Waals surface area contributed by atoms with E-state index in [1.165, 1.54) is 122 Å². The molecule has 1 unspecified atom stereocenters. The van der Waals surface area contributed by atoms with Gasteiger partial charge in [-0.25, -0.2) is 4.79 Å². The van der Waals surface area contributed by atoms with Crippen LogP contribution in [0.1, 0.15) is 181 Å². The molecule has 0 aromatic rings. The largest absolute Gasteiger partial charge is 0.475 e. The minimum atomic E-state index is -2.04. The van der Waals surface area contributed by atoms with Crippen LogP contribution >= 0.6 is 0 Å². The number of rotatable bonds is 35. The van der Waals surface area contributed by atoms with E-state index in [1.807, 2.05) is 6.92 Å². The Morgan fingerprint density at radius 2 is 0.732 bits per heavy atom. The number of hydrogen-bond donors (Lipinski definition) is 1. The molecule has 6 nitrogen and oxygen atoms in total. The lowest BCUT2D eigenvalue weighted by Crippen LogP contribution is -2.48. The van der Waals surface area contributed by atoms with E-state index in [2.05, 4.69) is 13.8 Å². The molecule has 0 aliphatic rings. The van der Waals surface area contributed by atoms with E-state index in [9.17, 15) is 9.90 Å². The van der Waals surface area contributed by atoms with Crippen molar-refractivity contribution in [1.29, 1.82) is 0 Å². The average Bonchev–Trinajstić information content (AvgIpc) is 2.97. The van der Waals surface area contributed by atoms with Crippen LogP contribution in [0.15, 0.2) is 0 Å². The van der Waals surface area contributed by atoms with Crippen molar-refractivity contribution in [3.8, 4) is 0 Å². The molecule has 0 aliphatic heterocycles. The van der Waals surface area contributed by atoms with Crippen molar-refractivity contribution >= 4 is 5.97 Å².